The molecule has 0 bridgehead atoms. The van der Waals surface area contributed by atoms with Crippen LogP contribution >= 0.6 is 11.3 Å². The molecule has 5 heteroatoms. The van der Waals surface area contributed by atoms with E-state index in [0.717, 1.165) is 28.4 Å². The van der Waals surface area contributed by atoms with Gasteiger partial charge in [-0.15, -0.1) is 11.3 Å². The van der Waals surface area contributed by atoms with Crippen LogP contribution in [-0.2, 0) is 27.1 Å². The average molecular weight is 1120 g/mol. The van der Waals surface area contributed by atoms with Crippen molar-refractivity contribution in [1.82, 2.24) is 0 Å². The van der Waals surface area contributed by atoms with Crippen LogP contribution in [0.2, 0.25) is 0 Å². The van der Waals surface area contributed by atoms with Crippen molar-refractivity contribution in [3.05, 3.63) is 227 Å². The van der Waals surface area contributed by atoms with Gasteiger partial charge in [-0.05, 0) is 186 Å². The Morgan fingerprint density at radius 3 is 1.48 bits per heavy atom. The molecule has 0 N–H and O–H groups in total. The molecule has 9 aromatic carbocycles. The van der Waals surface area contributed by atoms with E-state index < -0.39 is 0 Å². The second-order valence-corrected chi connectivity index (χ2v) is 30.8. The summed E-state index contributed by atoms with van der Waals surface area (Å²) in [5, 5.41) is 2.62. The molecule has 4 aliphatic rings. The summed E-state index contributed by atoms with van der Waals surface area (Å²) in [5.41, 5.74) is 25.1. The van der Waals surface area contributed by atoms with E-state index in [-0.39, 0.29) is 45.1 Å². The lowest BCUT2D eigenvalue weighted by Gasteiger charge is -2.51. The Morgan fingerprint density at radius 1 is 0.440 bits per heavy atom. The van der Waals surface area contributed by atoms with Gasteiger partial charge in [-0.1, -0.05) is 212 Å². The predicted molar refractivity (Wildman–Crippen MR) is 365 cm³/mol. The predicted octanol–water partition coefficient (Wildman–Crippen LogP) is 20.8. The fraction of sp³-hybridized carbons (Fsp3) is 0.316. The van der Waals surface area contributed by atoms with Crippen LogP contribution in [0.25, 0.3) is 20.2 Å². The van der Waals surface area contributed by atoms with Crippen molar-refractivity contribution < 1.29 is 0 Å². The average Bonchev–Trinajstić information content (AvgIpc) is 1.44. The van der Waals surface area contributed by atoms with Gasteiger partial charge in [0.05, 0.1) is 10.4 Å². The zero-order valence-corrected chi connectivity index (χ0v) is 52.9. The minimum Gasteiger partial charge on any atom is -0.311 e. The van der Waals surface area contributed by atoms with Gasteiger partial charge in [0.25, 0.3) is 0 Å². The van der Waals surface area contributed by atoms with Gasteiger partial charge in [0, 0.05) is 66.9 Å². The number of thiophene rings is 1. The summed E-state index contributed by atoms with van der Waals surface area (Å²) in [6.07, 6.45) is 4.91. The van der Waals surface area contributed by atoms with E-state index in [1.54, 1.807) is 11.1 Å². The van der Waals surface area contributed by atoms with E-state index in [9.17, 15) is 0 Å². The molecule has 10 aromatic rings. The summed E-state index contributed by atoms with van der Waals surface area (Å²) in [6, 6.07) is 74.1. The molecule has 2 aliphatic heterocycles. The molecular formula is C79H82BN3S. The fourth-order valence-electron chi connectivity index (χ4n) is 15.6. The number of hydrogen-bond donors (Lipinski definition) is 0. The van der Waals surface area contributed by atoms with Gasteiger partial charge in [0.2, 0.25) is 6.71 Å². The van der Waals surface area contributed by atoms with Crippen LogP contribution in [-0.4, -0.2) is 6.71 Å². The van der Waals surface area contributed by atoms with Crippen LogP contribution in [0, 0.1) is 5.41 Å². The van der Waals surface area contributed by atoms with Gasteiger partial charge in [-0.25, -0.2) is 0 Å². The summed E-state index contributed by atoms with van der Waals surface area (Å²) in [5.74, 6) is 0.207. The van der Waals surface area contributed by atoms with Gasteiger partial charge < -0.3 is 14.7 Å². The Labute approximate surface area is 505 Å². The van der Waals surface area contributed by atoms with E-state index >= 15 is 0 Å². The van der Waals surface area contributed by atoms with E-state index in [1.165, 1.54) is 113 Å². The number of fused-ring (bicyclic) bond motifs is 10. The van der Waals surface area contributed by atoms with Gasteiger partial charge in [-0.3, -0.25) is 0 Å². The first kappa shape index (κ1) is 54.6. The van der Waals surface area contributed by atoms with Gasteiger partial charge >= 0.3 is 0 Å². The minimum absolute atomic E-state index is 0.00226. The molecule has 14 rings (SSSR count). The first-order chi connectivity index (χ1) is 39.9. The first-order valence-electron chi connectivity index (χ1n) is 31.1. The third-order valence-corrected chi connectivity index (χ3v) is 21.7. The molecule has 0 spiro atoms. The molecule has 3 atom stereocenters. The van der Waals surface area contributed by atoms with Crippen LogP contribution in [0.3, 0.4) is 0 Å². The van der Waals surface area contributed by atoms with Crippen molar-refractivity contribution in [3.8, 4) is 0 Å². The van der Waals surface area contributed by atoms with Crippen LogP contribution < -0.4 is 31.1 Å². The summed E-state index contributed by atoms with van der Waals surface area (Å²) in [6.45, 7) is 33.1. The molecule has 422 valence electrons. The van der Waals surface area contributed by atoms with Crippen LogP contribution in [0.4, 0.5) is 51.2 Å². The molecule has 3 nitrogen and oxygen atoms in total. The van der Waals surface area contributed by atoms with Crippen molar-refractivity contribution in [1.29, 1.82) is 0 Å². The van der Waals surface area contributed by atoms with Gasteiger partial charge in [-0.2, -0.15) is 0 Å². The molecule has 0 radical (unpaired) electrons. The lowest BCUT2D eigenvalue weighted by atomic mass is 9.30. The largest absolute Gasteiger partial charge is 0.311 e. The number of hydrogen-bond acceptors (Lipinski definition) is 4. The highest BCUT2D eigenvalue weighted by atomic mass is 32.1. The minimum atomic E-state index is -0.0191. The van der Waals surface area contributed by atoms with E-state index in [0.29, 0.717) is 0 Å². The molecule has 1 fully saturated rings. The first-order valence-corrected chi connectivity index (χ1v) is 31.9. The standard InChI is InChI=1S/C79H82BN3S/c1-74(2,3)50-27-35-54(36-28-50)81(55-37-29-51(30-38-55)75(4,5)6)58-43-44-66-65(48-58)80-64-24-20-23-63-70(64)71(79(14)46-18-17-45-78(63,79)13)62-47-59(49-68(72(62)80)83(66)67-25-19-22-61-60-21-15-16-26-69(60)84-73(61)67)82(56-39-31-52(32-40-56)76(7,8)9)57-41-33-53(34-42-57)77(10,11)12/h15-16,19-44,47-49,71H,17-18,45-46H2,1-14H3. The van der Waals surface area contributed by atoms with E-state index in [1.807, 2.05) is 11.3 Å². The van der Waals surface area contributed by atoms with Crippen LogP contribution in [0.15, 0.2) is 188 Å². The topological polar surface area (TPSA) is 9.72 Å². The molecule has 3 heterocycles. The smallest absolute Gasteiger partial charge is 0.247 e. The van der Waals surface area contributed by atoms with Crippen molar-refractivity contribution in [2.24, 2.45) is 5.41 Å². The van der Waals surface area contributed by atoms with E-state index in [4.69, 9.17) is 0 Å². The Balaban J connectivity index is 1.09. The zero-order valence-electron chi connectivity index (χ0n) is 52.1. The molecule has 1 saturated carbocycles. The highest BCUT2D eigenvalue weighted by Crippen LogP contribution is 2.68. The second kappa shape index (κ2) is 19.1. The normalized spacial score (nSPS) is 19.0. The molecule has 0 saturated heterocycles. The summed E-state index contributed by atoms with van der Waals surface area (Å²) < 4.78 is 2.62. The second-order valence-electron chi connectivity index (χ2n) is 29.8. The van der Waals surface area contributed by atoms with E-state index in [2.05, 4.69) is 300 Å². The lowest BCUT2D eigenvalue weighted by molar-refractivity contribution is 0.0926. The summed E-state index contributed by atoms with van der Waals surface area (Å²) in [7, 11) is 0. The SMILES string of the molecule is CC(C)(C)c1ccc(N(c2ccc(C(C)(C)C)cc2)c2ccc3c(c2)B2c4cccc5c4C(c4cc(N(c6ccc(C(C)(C)C)cc6)c6ccc(C(C)(C)C)cc6)cc(c42)N3c2cccc3c2sc2ccccc23)C2(C)CCCCC52C)cc1. The van der Waals surface area contributed by atoms with Crippen molar-refractivity contribution in [2.45, 2.75) is 156 Å². The molecule has 84 heavy (non-hydrogen) atoms. The molecule has 0 amide bonds. The monoisotopic (exact) mass is 1120 g/mol. The molecular weight excluding hydrogens is 1030 g/mol. The highest BCUT2D eigenvalue weighted by molar-refractivity contribution is 7.26. The summed E-state index contributed by atoms with van der Waals surface area (Å²) in [4.78, 5) is 7.81. The van der Waals surface area contributed by atoms with Gasteiger partial charge in [0.15, 0.2) is 0 Å². The Morgan fingerprint density at radius 2 is 0.929 bits per heavy atom. The van der Waals surface area contributed by atoms with Crippen molar-refractivity contribution in [3.63, 3.8) is 0 Å². The molecule has 3 unspecified atom stereocenters. The number of rotatable bonds is 7. The summed E-state index contributed by atoms with van der Waals surface area (Å²) >= 11 is 1.93. The number of benzene rings is 9. The number of nitrogens with zero attached hydrogens (tertiary/aromatic N) is 3. The Hall–Kier alpha value is -7.34. The number of anilines is 9. The Kier molecular flexibility index (Phi) is 12.4. The quantitative estimate of drug-likeness (QED) is 0.147. The van der Waals surface area contributed by atoms with Crippen molar-refractivity contribution >= 4 is 106 Å². The van der Waals surface area contributed by atoms with Crippen LogP contribution in [0.1, 0.15) is 167 Å². The third kappa shape index (κ3) is 8.47. The van der Waals surface area contributed by atoms with Gasteiger partial charge in [0.1, 0.15) is 0 Å². The fourth-order valence-corrected chi connectivity index (χ4v) is 16.8. The molecule has 1 aromatic heterocycles. The maximum atomic E-state index is 2.71. The Bertz CT molecular complexity index is 4100. The molecule has 2 aliphatic carbocycles. The maximum absolute atomic E-state index is 2.71. The lowest BCUT2D eigenvalue weighted by Crippen LogP contribution is -2.62. The van der Waals surface area contributed by atoms with Crippen molar-refractivity contribution in [2.75, 3.05) is 14.7 Å². The maximum Gasteiger partial charge on any atom is 0.247 e. The van der Waals surface area contributed by atoms with Crippen LogP contribution in [0.5, 0.6) is 0 Å². The zero-order chi connectivity index (χ0) is 58.6. The highest BCUT2D eigenvalue weighted by Gasteiger charge is 2.62. The third-order valence-electron chi connectivity index (χ3n) is 20.5.